The van der Waals surface area contributed by atoms with Gasteiger partial charge in [-0.05, 0) is 31.0 Å². The highest BCUT2D eigenvalue weighted by atomic mass is 32.2. The van der Waals surface area contributed by atoms with Gasteiger partial charge in [-0.2, -0.15) is 0 Å². The fraction of sp³-hybridized carbons (Fsp3) is 0.429. The van der Waals surface area contributed by atoms with Gasteiger partial charge in [0.05, 0.1) is 16.7 Å². The van der Waals surface area contributed by atoms with Crippen molar-refractivity contribution in [2.75, 3.05) is 19.4 Å². The van der Waals surface area contributed by atoms with Gasteiger partial charge in [-0.15, -0.1) is 0 Å². The SMILES string of the molecule is Cc1ccc(NC(=O)C2CC2C(=O)O)cc1S(=O)(=O)N(C)C. The molecule has 1 aromatic rings. The highest BCUT2D eigenvalue weighted by Crippen LogP contribution is 2.39. The van der Waals surface area contributed by atoms with E-state index in [2.05, 4.69) is 5.32 Å². The van der Waals surface area contributed by atoms with E-state index in [1.807, 2.05) is 0 Å². The van der Waals surface area contributed by atoms with Gasteiger partial charge in [-0.1, -0.05) is 6.07 Å². The quantitative estimate of drug-likeness (QED) is 0.837. The summed E-state index contributed by atoms with van der Waals surface area (Å²) in [6.07, 6.45) is 0.315. The molecule has 7 nitrogen and oxygen atoms in total. The molecule has 2 rings (SSSR count). The lowest BCUT2D eigenvalue weighted by Gasteiger charge is -2.15. The number of carbonyl (C=O) groups excluding carboxylic acids is 1. The zero-order valence-electron chi connectivity index (χ0n) is 12.5. The average molecular weight is 326 g/mol. The van der Waals surface area contributed by atoms with Crippen LogP contribution in [0.5, 0.6) is 0 Å². The van der Waals surface area contributed by atoms with Crippen LogP contribution in [0, 0.1) is 18.8 Å². The number of anilines is 1. The summed E-state index contributed by atoms with van der Waals surface area (Å²) in [5, 5.41) is 11.4. The Labute approximate surface area is 129 Å². The van der Waals surface area contributed by atoms with Crippen molar-refractivity contribution in [2.24, 2.45) is 11.8 Å². The highest BCUT2D eigenvalue weighted by Gasteiger charge is 2.48. The van der Waals surface area contributed by atoms with Gasteiger partial charge in [-0.3, -0.25) is 9.59 Å². The summed E-state index contributed by atoms with van der Waals surface area (Å²) in [5.41, 5.74) is 0.911. The largest absolute Gasteiger partial charge is 0.481 e. The van der Waals surface area contributed by atoms with E-state index in [0.29, 0.717) is 17.7 Å². The van der Waals surface area contributed by atoms with Crippen LogP contribution in [0.25, 0.3) is 0 Å². The number of carbonyl (C=O) groups is 2. The van der Waals surface area contributed by atoms with E-state index in [1.54, 1.807) is 19.1 Å². The lowest BCUT2D eigenvalue weighted by Crippen LogP contribution is -2.23. The highest BCUT2D eigenvalue weighted by molar-refractivity contribution is 7.89. The lowest BCUT2D eigenvalue weighted by atomic mass is 10.2. The number of sulfonamides is 1. The van der Waals surface area contributed by atoms with Crippen molar-refractivity contribution >= 4 is 27.6 Å². The van der Waals surface area contributed by atoms with Crippen LogP contribution >= 0.6 is 0 Å². The van der Waals surface area contributed by atoms with Gasteiger partial charge in [0, 0.05) is 19.8 Å². The molecule has 1 fully saturated rings. The predicted molar refractivity (Wildman–Crippen MR) is 79.9 cm³/mol. The third kappa shape index (κ3) is 3.12. The second kappa shape index (κ2) is 5.69. The molecular weight excluding hydrogens is 308 g/mol. The van der Waals surface area contributed by atoms with Gasteiger partial charge in [0.1, 0.15) is 0 Å². The molecule has 2 N–H and O–H groups in total. The first-order valence-corrected chi connectivity index (χ1v) is 8.15. The van der Waals surface area contributed by atoms with E-state index in [1.165, 1.54) is 20.2 Å². The summed E-state index contributed by atoms with van der Waals surface area (Å²) in [5.74, 6) is -2.58. The number of hydrogen-bond acceptors (Lipinski definition) is 4. The van der Waals surface area contributed by atoms with Gasteiger partial charge in [-0.25, -0.2) is 12.7 Å². The van der Waals surface area contributed by atoms with E-state index < -0.39 is 33.7 Å². The maximum atomic E-state index is 12.2. The Morgan fingerprint density at radius 3 is 2.41 bits per heavy atom. The maximum absolute atomic E-state index is 12.2. The fourth-order valence-electron chi connectivity index (χ4n) is 2.15. The molecule has 1 aliphatic rings. The molecular formula is C14H18N2O5S. The van der Waals surface area contributed by atoms with Gasteiger partial charge < -0.3 is 10.4 Å². The third-order valence-corrected chi connectivity index (χ3v) is 5.62. The van der Waals surface area contributed by atoms with Gasteiger partial charge in [0.15, 0.2) is 0 Å². The molecule has 1 aliphatic carbocycles. The Balaban J connectivity index is 2.21. The van der Waals surface area contributed by atoms with Crippen LogP contribution in [0.2, 0.25) is 0 Å². The third-order valence-electron chi connectivity index (χ3n) is 3.66. The Morgan fingerprint density at radius 2 is 1.91 bits per heavy atom. The number of aryl methyl sites for hydroxylation is 1. The Bertz CT molecular complexity index is 727. The van der Waals surface area contributed by atoms with Crippen molar-refractivity contribution in [1.82, 2.24) is 4.31 Å². The van der Waals surface area contributed by atoms with Gasteiger partial charge in [0.2, 0.25) is 15.9 Å². The van der Waals surface area contributed by atoms with Gasteiger partial charge in [0.25, 0.3) is 0 Å². The number of nitrogens with zero attached hydrogens (tertiary/aromatic N) is 1. The molecule has 22 heavy (non-hydrogen) atoms. The molecule has 1 amide bonds. The van der Waals surface area contributed by atoms with Crippen LogP contribution in [0.15, 0.2) is 23.1 Å². The van der Waals surface area contributed by atoms with Crippen LogP contribution in [0.1, 0.15) is 12.0 Å². The molecule has 0 bridgehead atoms. The zero-order chi connectivity index (χ0) is 16.7. The molecule has 8 heteroatoms. The van der Waals surface area contributed by atoms with Crippen LogP contribution in [-0.4, -0.2) is 43.8 Å². The summed E-state index contributed by atoms with van der Waals surface area (Å²) in [7, 11) is -0.742. The van der Waals surface area contributed by atoms with E-state index in [4.69, 9.17) is 5.11 Å². The molecule has 0 heterocycles. The van der Waals surface area contributed by atoms with E-state index in [9.17, 15) is 18.0 Å². The van der Waals surface area contributed by atoms with Crippen LogP contribution in [0.4, 0.5) is 5.69 Å². The lowest BCUT2D eigenvalue weighted by molar-refractivity contribution is -0.139. The zero-order valence-corrected chi connectivity index (χ0v) is 13.3. The Hall–Kier alpha value is -1.93. The molecule has 1 aromatic carbocycles. The van der Waals surface area contributed by atoms with Crippen molar-refractivity contribution in [2.45, 2.75) is 18.2 Å². The van der Waals surface area contributed by atoms with E-state index in [0.717, 1.165) is 4.31 Å². The number of benzene rings is 1. The minimum atomic E-state index is -3.61. The topological polar surface area (TPSA) is 104 Å². The minimum Gasteiger partial charge on any atom is -0.481 e. The smallest absolute Gasteiger partial charge is 0.307 e. The molecule has 1 saturated carbocycles. The summed E-state index contributed by atoms with van der Waals surface area (Å²) in [4.78, 5) is 22.8. The van der Waals surface area contributed by atoms with Gasteiger partial charge >= 0.3 is 5.97 Å². The molecule has 2 atom stereocenters. The number of hydrogen-bond donors (Lipinski definition) is 2. The molecule has 0 radical (unpaired) electrons. The normalized spacial score (nSPS) is 20.7. The number of nitrogens with one attached hydrogen (secondary N) is 1. The number of rotatable bonds is 5. The van der Waals surface area contributed by atoms with Crippen LogP contribution < -0.4 is 5.32 Å². The van der Waals surface area contributed by atoms with Crippen molar-refractivity contribution in [3.05, 3.63) is 23.8 Å². The van der Waals surface area contributed by atoms with Crippen LogP contribution in [-0.2, 0) is 19.6 Å². The number of aliphatic carboxylic acids is 1. The first-order chi connectivity index (χ1) is 10.1. The number of amides is 1. The fourth-order valence-corrected chi connectivity index (χ4v) is 3.29. The van der Waals surface area contributed by atoms with E-state index >= 15 is 0 Å². The van der Waals surface area contributed by atoms with Crippen molar-refractivity contribution in [1.29, 1.82) is 0 Å². The standard InChI is InChI=1S/C14H18N2O5S/c1-8-4-5-9(6-12(8)22(20,21)16(2)3)15-13(17)10-7-11(10)14(18)19/h4-6,10-11H,7H2,1-3H3,(H,15,17)(H,18,19). The predicted octanol–water partition coefficient (Wildman–Crippen LogP) is 0.905. The van der Waals surface area contributed by atoms with E-state index in [-0.39, 0.29) is 4.90 Å². The Kier molecular flexibility index (Phi) is 4.25. The molecule has 0 aliphatic heterocycles. The number of carboxylic acid groups (broad SMARTS) is 1. The first-order valence-electron chi connectivity index (χ1n) is 6.71. The summed E-state index contributed by atoms with van der Waals surface area (Å²) < 4.78 is 25.5. The molecule has 0 saturated heterocycles. The minimum absolute atomic E-state index is 0.112. The first kappa shape index (κ1) is 16.4. The second-order valence-corrected chi connectivity index (χ2v) is 7.66. The maximum Gasteiger partial charge on any atom is 0.307 e. The summed E-state index contributed by atoms with van der Waals surface area (Å²) >= 11 is 0. The number of carboxylic acids is 1. The monoisotopic (exact) mass is 326 g/mol. The van der Waals surface area contributed by atoms with Crippen molar-refractivity contribution < 1.29 is 23.1 Å². The molecule has 120 valence electrons. The second-order valence-electron chi connectivity index (χ2n) is 5.54. The molecule has 0 aromatic heterocycles. The summed E-state index contributed by atoms with van der Waals surface area (Å²) in [6.45, 7) is 1.67. The Morgan fingerprint density at radius 1 is 1.27 bits per heavy atom. The average Bonchev–Trinajstić information content (AvgIpc) is 3.21. The summed E-state index contributed by atoms with van der Waals surface area (Å²) in [6, 6.07) is 4.59. The molecule has 2 unspecified atom stereocenters. The van der Waals surface area contributed by atoms with Crippen molar-refractivity contribution in [3.8, 4) is 0 Å². The molecule has 0 spiro atoms. The van der Waals surface area contributed by atoms with Crippen molar-refractivity contribution in [3.63, 3.8) is 0 Å². The van der Waals surface area contributed by atoms with Crippen LogP contribution in [0.3, 0.4) is 0 Å².